The van der Waals surface area contributed by atoms with Crippen LogP contribution < -0.4 is 9.64 Å². The largest absolute Gasteiger partial charge is 0.497 e. The van der Waals surface area contributed by atoms with E-state index in [9.17, 15) is 9.59 Å². The standard InChI is InChI=1S/C20H21NO4/c1-13-12-16-6-4-5-7-18(16)21(13)19(22)14(2)25-20(23)15-8-10-17(24-3)11-9-15/h4-11,13-14H,12H2,1-3H3/t13-,14-/m1/s1. The van der Waals surface area contributed by atoms with Crippen LogP contribution in [0.15, 0.2) is 48.5 Å². The zero-order valence-corrected chi connectivity index (χ0v) is 14.6. The van der Waals surface area contributed by atoms with Crippen molar-refractivity contribution in [3.63, 3.8) is 0 Å². The molecule has 1 aliphatic heterocycles. The van der Waals surface area contributed by atoms with Crippen molar-refractivity contribution in [1.82, 2.24) is 0 Å². The van der Waals surface area contributed by atoms with Gasteiger partial charge in [0, 0.05) is 11.7 Å². The quantitative estimate of drug-likeness (QED) is 0.803. The summed E-state index contributed by atoms with van der Waals surface area (Å²) < 4.78 is 10.4. The van der Waals surface area contributed by atoms with Crippen LogP contribution in [0.2, 0.25) is 0 Å². The number of amides is 1. The maximum atomic E-state index is 12.8. The maximum Gasteiger partial charge on any atom is 0.338 e. The number of ether oxygens (including phenoxy) is 2. The predicted octanol–water partition coefficient (Wildman–Crippen LogP) is 3.22. The molecule has 0 aromatic heterocycles. The number of nitrogens with zero attached hydrogens (tertiary/aromatic N) is 1. The normalized spacial score (nSPS) is 16.9. The van der Waals surface area contributed by atoms with Crippen LogP contribution >= 0.6 is 0 Å². The molecule has 2 aromatic carbocycles. The van der Waals surface area contributed by atoms with Crippen molar-refractivity contribution in [2.75, 3.05) is 12.0 Å². The van der Waals surface area contributed by atoms with E-state index >= 15 is 0 Å². The highest BCUT2D eigenvalue weighted by Gasteiger charge is 2.34. The molecule has 3 rings (SSSR count). The molecule has 5 heteroatoms. The predicted molar refractivity (Wildman–Crippen MR) is 95.0 cm³/mol. The SMILES string of the molecule is COc1ccc(C(=O)O[C@H](C)C(=O)N2c3ccccc3C[C@H]2C)cc1. The second kappa shape index (κ2) is 6.97. The first kappa shape index (κ1) is 17.0. The fraction of sp³-hybridized carbons (Fsp3) is 0.300. The lowest BCUT2D eigenvalue weighted by molar-refractivity contribution is -0.126. The number of rotatable bonds is 4. The summed E-state index contributed by atoms with van der Waals surface area (Å²) in [6.07, 6.45) is -0.0515. The van der Waals surface area contributed by atoms with Crippen LogP contribution in [0.5, 0.6) is 5.75 Å². The van der Waals surface area contributed by atoms with Gasteiger partial charge in [-0.15, -0.1) is 0 Å². The van der Waals surface area contributed by atoms with Crippen LogP contribution in [0, 0.1) is 0 Å². The van der Waals surface area contributed by atoms with Crippen LogP contribution in [0.3, 0.4) is 0 Å². The number of methoxy groups -OCH3 is 1. The number of fused-ring (bicyclic) bond motifs is 1. The smallest absolute Gasteiger partial charge is 0.338 e. The number of hydrogen-bond acceptors (Lipinski definition) is 4. The van der Waals surface area contributed by atoms with Crippen LogP contribution in [-0.2, 0) is 16.0 Å². The average Bonchev–Trinajstić information content (AvgIpc) is 2.96. The minimum absolute atomic E-state index is 0.0482. The maximum absolute atomic E-state index is 12.8. The Labute approximate surface area is 147 Å². The summed E-state index contributed by atoms with van der Waals surface area (Å²) in [5.41, 5.74) is 2.42. The molecule has 130 valence electrons. The molecule has 0 aliphatic carbocycles. The van der Waals surface area contributed by atoms with Gasteiger partial charge in [0.05, 0.1) is 12.7 Å². The van der Waals surface area contributed by atoms with E-state index in [1.165, 1.54) is 0 Å². The first-order valence-electron chi connectivity index (χ1n) is 8.27. The first-order chi connectivity index (χ1) is 12.0. The molecule has 1 heterocycles. The summed E-state index contributed by atoms with van der Waals surface area (Å²) in [6, 6.07) is 14.5. The Morgan fingerprint density at radius 3 is 2.48 bits per heavy atom. The van der Waals surface area contributed by atoms with Crippen molar-refractivity contribution < 1.29 is 19.1 Å². The van der Waals surface area contributed by atoms with E-state index in [1.54, 1.807) is 43.2 Å². The fourth-order valence-corrected chi connectivity index (χ4v) is 3.10. The van der Waals surface area contributed by atoms with E-state index in [1.807, 2.05) is 31.2 Å². The number of hydrogen-bond donors (Lipinski definition) is 0. The minimum atomic E-state index is -0.858. The number of carbonyl (C=O) groups is 2. The molecule has 5 nitrogen and oxygen atoms in total. The number of para-hydroxylation sites is 1. The van der Waals surface area contributed by atoms with Gasteiger partial charge in [0.25, 0.3) is 5.91 Å². The van der Waals surface area contributed by atoms with E-state index in [4.69, 9.17) is 9.47 Å². The van der Waals surface area contributed by atoms with E-state index in [2.05, 4.69) is 0 Å². The molecule has 2 aromatic rings. The highest BCUT2D eigenvalue weighted by Crippen LogP contribution is 2.32. The molecule has 25 heavy (non-hydrogen) atoms. The lowest BCUT2D eigenvalue weighted by atomic mass is 10.1. The van der Waals surface area contributed by atoms with Gasteiger partial charge in [0.1, 0.15) is 5.75 Å². The molecule has 0 bridgehead atoms. The third kappa shape index (κ3) is 3.36. The van der Waals surface area contributed by atoms with Gasteiger partial charge < -0.3 is 14.4 Å². The highest BCUT2D eigenvalue weighted by molar-refractivity contribution is 6.00. The van der Waals surface area contributed by atoms with Gasteiger partial charge in [-0.05, 0) is 56.2 Å². The van der Waals surface area contributed by atoms with Crippen LogP contribution in [-0.4, -0.2) is 31.1 Å². The molecule has 2 atom stereocenters. The molecule has 1 aliphatic rings. The molecule has 0 fully saturated rings. The zero-order chi connectivity index (χ0) is 18.0. The Kier molecular flexibility index (Phi) is 4.74. The summed E-state index contributed by atoms with van der Waals surface area (Å²) in [6.45, 7) is 3.60. The van der Waals surface area contributed by atoms with Crippen molar-refractivity contribution in [2.24, 2.45) is 0 Å². The van der Waals surface area contributed by atoms with E-state index in [0.29, 0.717) is 11.3 Å². The summed E-state index contributed by atoms with van der Waals surface area (Å²) in [5.74, 6) is -0.0777. The highest BCUT2D eigenvalue weighted by atomic mass is 16.5. The Morgan fingerprint density at radius 1 is 1.12 bits per heavy atom. The number of anilines is 1. The van der Waals surface area contributed by atoms with Crippen molar-refractivity contribution >= 4 is 17.6 Å². The third-order valence-electron chi connectivity index (χ3n) is 4.40. The summed E-state index contributed by atoms with van der Waals surface area (Å²) in [5, 5.41) is 0. The van der Waals surface area contributed by atoms with Gasteiger partial charge in [-0.1, -0.05) is 18.2 Å². The molecule has 0 radical (unpaired) electrons. The van der Waals surface area contributed by atoms with E-state index < -0.39 is 12.1 Å². The molecular weight excluding hydrogens is 318 g/mol. The van der Waals surface area contributed by atoms with Crippen LogP contribution in [0.4, 0.5) is 5.69 Å². The molecular formula is C20H21NO4. The number of carbonyl (C=O) groups excluding carboxylic acids is 2. The Bertz CT molecular complexity index is 785. The molecule has 0 unspecified atom stereocenters. The third-order valence-corrected chi connectivity index (χ3v) is 4.40. The van der Waals surface area contributed by atoms with Crippen LogP contribution in [0.25, 0.3) is 0 Å². The summed E-state index contributed by atoms with van der Waals surface area (Å²) in [7, 11) is 1.56. The van der Waals surface area contributed by atoms with Gasteiger partial charge in [-0.25, -0.2) is 4.79 Å². The van der Waals surface area contributed by atoms with Gasteiger partial charge in [-0.2, -0.15) is 0 Å². The van der Waals surface area contributed by atoms with Crippen molar-refractivity contribution in [2.45, 2.75) is 32.4 Å². The van der Waals surface area contributed by atoms with E-state index in [0.717, 1.165) is 17.7 Å². The van der Waals surface area contributed by atoms with Crippen molar-refractivity contribution in [3.8, 4) is 5.75 Å². The monoisotopic (exact) mass is 339 g/mol. The van der Waals surface area contributed by atoms with Gasteiger partial charge in [0.15, 0.2) is 6.10 Å². The summed E-state index contributed by atoms with van der Waals surface area (Å²) >= 11 is 0. The Balaban J connectivity index is 1.71. The Morgan fingerprint density at radius 2 is 1.80 bits per heavy atom. The second-order valence-corrected chi connectivity index (χ2v) is 6.17. The minimum Gasteiger partial charge on any atom is -0.497 e. The lowest BCUT2D eigenvalue weighted by Gasteiger charge is -2.25. The molecule has 1 amide bonds. The molecule has 0 N–H and O–H groups in total. The topological polar surface area (TPSA) is 55.8 Å². The average molecular weight is 339 g/mol. The summed E-state index contributed by atoms with van der Waals surface area (Å²) in [4.78, 5) is 26.8. The lowest BCUT2D eigenvalue weighted by Crippen LogP contribution is -2.43. The van der Waals surface area contributed by atoms with Gasteiger partial charge in [-0.3, -0.25) is 4.79 Å². The Hall–Kier alpha value is -2.82. The van der Waals surface area contributed by atoms with Crippen molar-refractivity contribution in [3.05, 3.63) is 59.7 Å². The molecule has 0 saturated heterocycles. The fourth-order valence-electron chi connectivity index (χ4n) is 3.10. The molecule has 0 saturated carbocycles. The van der Waals surface area contributed by atoms with Gasteiger partial charge in [0.2, 0.25) is 0 Å². The van der Waals surface area contributed by atoms with Crippen molar-refractivity contribution in [1.29, 1.82) is 0 Å². The van der Waals surface area contributed by atoms with Gasteiger partial charge >= 0.3 is 5.97 Å². The van der Waals surface area contributed by atoms with E-state index in [-0.39, 0.29) is 11.9 Å². The molecule has 0 spiro atoms. The first-order valence-corrected chi connectivity index (χ1v) is 8.27. The number of benzene rings is 2. The number of esters is 1. The second-order valence-electron chi connectivity index (χ2n) is 6.17. The van der Waals surface area contributed by atoms with Crippen LogP contribution in [0.1, 0.15) is 29.8 Å². The zero-order valence-electron chi connectivity index (χ0n) is 14.6.